The molecule has 234 valence electrons. The third-order valence-corrected chi connectivity index (χ3v) is 9.99. The number of aromatic carboxylic acids is 1. The molecule has 0 spiro atoms. The number of carbonyl (C=O) groups is 2. The number of rotatable bonds is 9. The van der Waals surface area contributed by atoms with Crippen LogP contribution in [0.3, 0.4) is 0 Å². The molecule has 6 aromatic rings. The Kier molecular flexibility index (Phi) is 7.53. The van der Waals surface area contributed by atoms with E-state index in [0.29, 0.717) is 17.7 Å². The number of amides is 1. The Morgan fingerprint density at radius 2 is 1.45 bits per heavy atom. The van der Waals surface area contributed by atoms with Crippen molar-refractivity contribution in [3.8, 4) is 22.3 Å². The molecule has 1 amide bonds. The van der Waals surface area contributed by atoms with Gasteiger partial charge < -0.3 is 15.0 Å². The van der Waals surface area contributed by atoms with E-state index in [1.807, 2.05) is 54.7 Å². The molecule has 0 unspecified atom stereocenters. The lowest BCUT2D eigenvalue weighted by Gasteiger charge is -2.20. The number of benzene rings is 5. The number of fused-ring (bicyclic) bond motifs is 1. The second kappa shape index (κ2) is 11.7. The third kappa shape index (κ3) is 6.07. The maximum Gasteiger partial charge on any atom is 0.335 e. The summed E-state index contributed by atoms with van der Waals surface area (Å²) in [5.74, 6) is -1.26. The highest BCUT2D eigenvalue weighted by Gasteiger charge is 2.46. The molecule has 1 saturated carbocycles. The SMILES string of the molecule is CS(=O)(=O)c1cccc(-c2cc(C(=O)NC3(c4ccc(C(=O)O)cc4)CC3)c3c(ccn3Cc3cccc(-c4ccccc4)c3)c2)c1. The van der Waals surface area contributed by atoms with Gasteiger partial charge in [-0.25, -0.2) is 13.2 Å². The number of sulfone groups is 1. The summed E-state index contributed by atoms with van der Waals surface area (Å²) in [5, 5.41) is 13.5. The van der Waals surface area contributed by atoms with E-state index in [1.165, 1.54) is 6.26 Å². The van der Waals surface area contributed by atoms with Crippen LogP contribution in [0.25, 0.3) is 33.2 Å². The molecule has 7 nitrogen and oxygen atoms in total. The van der Waals surface area contributed by atoms with Gasteiger partial charge in [-0.1, -0.05) is 72.8 Å². The topological polar surface area (TPSA) is 105 Å². The van der Waals surface area contributed by atoms with Crippen molar-refractivity contribution in [2.75, 3.05) is 6.26 Å². The minimum atomic E-state index is -3.43. The van der Waals surface area contributed by atoms with Crippen molar-refractivity contribution < 1.29 is 23.1 Å². The van der Waals surface area contributed by atoms with Gasteiger partial charge in [-0.2, -0.15) is 0 Å². The maximum absolute atomic E-state index is 14.3. The molecule has 2 N–H and O–H groups in total. The Morgan fingerprint density at radius 3 is 2.13 bits per heavy atom. The molecule has 1 aliphatic rings. The molecule has 5 aromatic carbocycles. The molecule has 47 heavy (non-hydrogen) atoms. The van der Waals surface area contributed by atoms with E-state index in [-0.39, 0.29) is 16.4 Å². The number of carbonyl (C=O) groups excluding carboxylic acids is 1. The zero-order valence-corrected chi connectivity index (χ0v) is 26.5. The fourth-order valence-electron chi connectivity index (χ4n) is 6.23. The van der Waals surface area contributed by atoms with Crippen LogP contribution < -0.4 is 5.32 Å². The highest BCUT2D eigenvalue weighted by Crippen LogP contribution is 2.46. The molecule has 0 radical (unpaired) electrons. The number of nitrogens with one attached hydrogen (secondary N) is 1. The van der Waals surface area contributed by atoms with Gasteiger partial charge in [0.05, 0.1) is 27.1 Å². The minimum absolute atomic E-state index is 0.191. The van der Waals surface area contributed by atoms with Gasteiger partial charge in [0.25, 0.3) is 5.91 Å². The highest BCUT2D eigenvalue weighted by atomic mass is 32.2. The molecule has 0 bridgehead atoms. The molecule has 0 atom stereocenters. The van der Waals surface area contributed by atoms with Gasteiger partial charge >= 0.3 is 5.97 Å². The average Bonchev–Trinajstić information content (AvgIpc) is 3.76. The van der Waals surface area contributed by atoms with Crippen molar-refractivity contribution in [3.05, 3.63) is 150 Å². The minimum Gasteiger partial charge on any atom is -0.478 e. The summed E-state index contributed by atoms with van der Waals surface area (Å²) in [4.78, 5) is 25.9. The summed E-state index contributed by atoms with van der Waals surface area (Å²) in [6, 6.07) is 37.8. The van der Waals surface area contributed by atoms with Crippen LogP contribution in [0.15, 0.2) is 132 Å². The number of aromatic nitrogens is 1. The van der Waals surface area contributed by atoms with E-state index in [9.17, 15) is 23.1 Å². The number of hydrogen-bond donors (Lipinski definition) is 2. The molecule has 1 fully saturated rings. The number of hydrogen-bond acceptors (Lipinski definition) is 4. The van der Waals surface area contributed by atoms with Crippen LogP contribution in [0.4, 0.5) is 0 Å². The smallest absolute Gasteiger partial charge is 0.335 e. The van der Waals surface area contributed by atoms with Crippen LogP contribution in [0, 0.1) is 0 Å². The Balaban J connectivity index is 1.30. The van der Waals surface area contributed by atoms with Gasteiger partial charge in [-0.15, -0.1) is 0 Å². The van der Waals surface area contributed by atoms with Crippen molar-refractivity contribution in [2.24, 2.45) is 0 Å². The first kappa shape index (κ1) is 30.2. The van der Waals surface area contributed by atoms with Gasteiger partial charge in [-0.3, -0.25) is 4.79 Å². The van der Waals surface area contributed by atoms with Crippen LogP contribution in [0.5, 0.6) is 0 Å². The molecule has 1 aromatic heterocycles. The summed E-state index contributed by atoms with van der Waals surface area (Å²) in [5.41, 5.74) is 6.44. The standard InChI is InChI=1S/C39H32N2O5S/c1-47(45,46)34-12-6-11-30(23-34)32-22-31-17-20-41(25-26-7-5-10-29(21-26)27-8-3-2-4-9-27)36(31)35(24-32)37(42)40-39(18-19-39)33-15-13-28(14-16-33)38(43)44/h2-17,20-24H,18-19,25H2,1H3,(H,40,42)(H,43,44). The second-order valence-electron chi connectivity index (χ2n) is 12.2. The molecule has 1 heterocycles. The number of carboxylic acids is 1. The van der Waals surface area contributed by atoms with Crippen LogP contribution in [-0.4, -0.2) is 36.2 Å². The Bertz CT molecular complexity index is 2270. The second-order valence-corrected chi connectivity index (χ2v) is 14.2. The van der Waals surface area contributed by atoms with E-state index in [1.54, 1.807) is 42.5 Å². The van der Waals surface area contributed by atoms with Crippen LogP contribution in [-0.2, 0) is 21.9 Å². The summed E-state index contributed by atoms with van der Waals surface area (Å²) in [6.07, 6.45) is 4.62. The van der Waals surface area contributed by atoms with E-state index >= 15 is 0 Å². The van der Waals surface area contributed by atoms with Crippen molar-refractivity contribution >= 4 is 32.6 Å². The predicted molar refractivity (Wildman–Crippen MR) is 183 cm³/mol. The summed E-state index contributed by atoms with van der Waals surface area (Å²) in [6.45, 7) is 0.537. The quantitative estimate of drug-likeness (QED) is 0.170. The van der Waals surface area contributed by atoms with Crippen LogP contribution in [0.1, 0.15) is 44.7 Å². The summed E-state index contributed by atoms with van der Waals surface area (Å²) < 4.78 is 26.8. The lowest BCUT2D eigenvalue weighted by molar-refractivity contribution is 0.0696. The lowest BCUT2D eigenvalue weighted by Crippen LogP contribution is -2.35. The maximum atomic E-state index is 14.3. The van der Waals surface area contributed by atoms with Crippen molar-refractivity contribution in [3.63, 3.8) is 0 Å². The van der Waals surface area contributed by atoms with Crippen molar-refractivity contribution in [1.82, 2.24) is 9.88 Å². The van der Waals surface area contributed by atoms with E-state index in [2.05, 4.69) is 40.2 Å². The summed E-state index contributed by atoms with van der Waals surface area (Å²) >= 11 is 0. The van der Waals surface area contributed by atoms with Crippen LogP contribution >= 0.6 is 0 Å². The fraction of sp³-hybridized carbons (Fsp3) is 0.128. The highest BCUT2D eigenvalue weighted by molar-refractivity contribution is 7.90. The molecular formula is C39H32N2O5S. The van der Waals surface area contributed by atoms with Crippen molar-refractivity contribution in [1.29, 1.82) is 0 Å². The third-order valence-electron chi connectivity index (χ3n) is 8.88. The van der Waals surface area contributed by atoms with Gasteiger partial charge in [0, 0.05) is 24.4 Å². The van der Waals surface area contributed by atoms with E-state index in [4.69, 9.17) is 0 Å². The molecule has 0 saturated heterocycles. The zero-order chi connectivity index (χ0) is 32.8. The van der Waals surface area contributed by atoms with Crippen molar-refractivity contribution in [2.45, 2.75) is 29.8 Å². The zero-order valence-electron chi connectivity index (χ0n) is 25.7. The normalized spacial score (nSPS) is 13.7. The van der Waals surface area contributed by atoms with Gasteiger partial charge in [-0.05, 0) is 94.8 Å². The Hall–Kier alpha value is -5.47. The van der Waals surface area contributed by atoms with Gasteiger partial charge in [0.15, 0.2) is 9.84 Å². The fourth-order valence-corrected chi connectivity index (χ4v) is 6.90. The predicted octanol–water partition coefficient (Wildman–Crippen LogP) is 7.54. The number of nitrogens with zero attached hydrogens (tertiary/aromatic N) is 1. The molecule has 0 aliphatic heterocycles. The van der Waals surface area contributed by atoms with E-state index < -0.39 is 21.3 Å². The first-order chi connectivity index (χ1) is 22.6. The molecule has 7 rings (SSSR count). The largest absolute Gasteiger partial charge is 0.478 e. The Labute approximate surface area is 273 Å². The average molecular weight is 641 g/mol. The molecule has 1 aliphatic carbocycles. The first-order valence-corrected chi connectivity index (χ1v) is 17.2. The number of carboxylic acid groups (broad SMARTS) is 1. The molecular weight excluding hydrogens is 609 g/mol. The van der Waals surface area contributed by atoms with E-state index in [0.717, 1.165) is 51.6 Å². The first-order valence-electron chi connectivity index (χ1n) is 15.3. The van der Waals surface area contributed by atoms with Gasteiger partial charge in [0.1, 0.15) is 0 Å². The van der Waals surface area contributed by atoms with Gasteiger partial charge in [0.2, 0.25) is 0 Å². The summed E-state index contributed by atoms with van der Waals surface area (Å²) in [7, 11) is -3.43. The molecule has 8 heteroatoms. The monoisotopic (exact) mass is 640 g/mol. The Morgan fingerprint density at radius 1 is 0.766 bits per heavy atom. The lowest BCUT2D eigenvalue weighted by atomic mass is 9.98. The van der Waals surface area contributed by atoms with Crippen LogP contribution in [0.2, 0.25) is 0 Å².